The van der Waals surface area contributed by atoms with Gasteiger partial charge < -0.3 is 10.2 Å². The molecule has 2 N–H and O–H groups in total. The Morgan fingerprint density at radius 1 is 1.07 bits per heavy atom. The minimum Gasteiger partial charge on any atom is -0.477 e. The van der Waals surface area contributed by atoms with Crippen LogP contribution in [-0.4, -0.2) is 43.3 Å². The molecule has 0 saturated carbocycles. The zero-order valence-corrected chi connectivity index (χ0v) is 16.6. The molecule has 162 valence electrons. The smallest absolute Gasteiger partial charge is 0.477 e. The lowest BCUT2D eigenvalue weighted by molar-refractivity contribution is -0.192. The van der Waals surface area contributed by atoms with Gasteiger partial charge in [-0.2, -0.15) is 13.2 Å². The lowest BCUT2D eigenvalue weighted by atomic mass is 10.0. The number of halogens is 3. The first-order chi connectivity index (χ1) is 14.1. The molecule has 6 nitrogen and oxygen atoms in total. The summed E-state index contributed by atoms with van der Waals surface area (Å²) in [5.74, 6) is -3.09. The number of pyridine rings is 1. The van der Waals surface area contributed by atoms with Crippen LogP contribution in [0.2, 0.25) is 0 Å². The van der Waals surface area contributed by atoms with Crippen LogP contribution >= 0.6 is 0 Å². The zero-order chi connectivity index (χ0) is 22.3. The van der Waals surface area contributed by atoms with E-state index in [1.165, 1.54) is 0 Å². The predicted molar refractivity (Wildman–Crippen MR) is 103 cm³/mol. The van der Waals surface area contributed by atoms with Crippen molar-refractivity contribution in [3.63, 3.8) is 0 Å². The summed E-state index contributed by atoms with van der Waals surface area (Å²) in [4.78, 5) is 25.1. The molecule has 0 saturated heterocycles. The molecule has 1 heterocycles. The second-order valence-electron chi connectivity index (χ2n) is 6.52. The molecular formula is C20H20F3NO5S. The molecular weight excluding hydrogens is 423 g/mol. The Labute approximate surface area is 173 Å². The minimum atomic E-state index is -5.08. The number of fused-ring (bicyclic) bond motifs is 1. The number of aromatic carboxylic acids is 1. The highest BCUT2D eigenvalue weighted by atomic mass is 32.2. The lowest BCUT2D eigenvalue weighted by Gasteiger charge is -2.10. The highest BCUT2D eigenvalue weighted by molar-refractivity contribution is 7.85. The first kappa shape index (κ1) is 23.5. The Kier molecular flexibility index (Phi) is 8.10. The lowest BCUT2D eigenvalue weighted by Crippen LogP contribution is -2.21. The number of nitrogens with zero attached hydrogens (tertiary/aromatic N) is 1. The Morgan fingerprint density at radius 2 is 1.67 bits per heavy atom. The summed E-state index contributed by atoms with van der Waals surface area (Å²) in [6, 6.07) is 9.48. The van der Waals surface area contributed by atoms with Gasteiger partial charge in [0.1, 0.15) is 0 Å². The maximum Gasteiger partial charge on any atom is 0.490 e. The summed E-state index contributed by atoms with van der Waals surface area (Å²) in [6.45, 7) is 0. The van der Waals surface area contributed by atoms with E-state index in [1.807, 2.05) is 30.3 Å². The van der Waals surface area contributed by atoms with Gasteiger partial charge in [-0.1, -0.05) is 18.2 Å². The largest absolute Gasteiger partial charge is 0.490 e. The fourth-order valence-electron chi connectivity index (χ4n) is 3.14. The van der Waals surface area contributed by atoms with E-state index in [2.05, 4.69) is 4.98 Å². The van der Waals surface area contributed by atoms with Crippen LogP contribution in [0.15, 0.2) is 41.4 Å². The van der Waals surface area contributed by atoms with Crippen molar-refractivity contribution in [2.24, 2.45) is 0 Å². The van der Waals surface area contributed by atoms with Gasteiger partial charge in [0.05, 0.1) is 10.8 Å². The van der Waals surface area contributed by atoms with Crippen molar-refractivity contribution in [3.8, 4) is 0 Å². The van der Waals surface area contributed by atoms with E-state index in [9.17, 15) is 27.3 Å². The van der Waals surface area contributed by atoms with Gasteiger partial charge in [-0.15, -0.1) is 0 Å². The first-order valence-corrected chi connectivity index (χ1v) is 10.4. The highest BCUT2D eigenvalue weighted by Crippen LogP contribution is 2.28. The summed E-state index contributed by atoms with van der Waals surface area (Å²) in [5.41, 5.74) is 3.38. The van der Waals surface area contributed by atoms with Crippen LogP contribution in [0.3, 0.4) is 0 Å². The Hall–Kier alpha value is -2.75. The molecule has 1 aliphatic rings. The van der Waals surface area contributed by atoms with Crippen molar-refractivity contribution in [2.45, 2.75) is 43.2 Å². The van der Waals surface area contributed by atoms with Crippen LogP contribution in [0.4, 0.5) is 13.2 Å². The van der Waals surface area contributed by atoms with E-state index in [1.54, 1.807) is 6.20 Å². The Morgan fingerprint density at radius 3 is 2.23 bits per heavy atom. The van der Waals surface area contributed by atoms with E-state index >= 15 is 0 Å². The number of carboxylic acid groups (broad SMARTS) is 2. The predicted octanol–water partition coefficient (Wildman–Crippen LogP) is 3.64. The van der Waals surface area contributed by atoms with Crippen molar-refractivity contribution in [3.05, 3.63) is 58.9 Å². The van der Waals surface area contributed by atoms with E-state index in [4.69, 9.17) is 9.90 Å². The zero-order valence-electron chi connectivity index (χ0n) is 15.8. The number of hydrogen-bond donors (Lipinski definition) is 2. The van der Waals surface area contributed by atoms with Crippen molar-refractivity contribution >= 4 is 22.7 Å². The van der Waals surface area contributed by atoms with E-state index in [0.29, 0.717) is 5.75 Å². The molecule has 2 aromatic rings. The van der Waals surface area contributed by atoms with Gasteiger partial charge in [-0.05, 0) is 60.9 Å². The standard InChI is InChI=1S/C18H19NO3S.C2HF3O2/c20-18(21)17-16-10-4-9-15(16)13(12-19-17)6-5-11-23(22)14-7-2-1-3-8-14;3-2(4,5)1(6)7/h1-3,7-8,12H,4-6,9-11H2,(H,20,21);(H,6,7). The summed E-state index contributed by atoms with van der Waals surface area (Å²) in [6.07, 6.45) is 0.933. The molecule has 1 aromatic carbocycles. The number of hydrogen-bond acceptors (Lipinski definition) is 4. The average molecular weight is 443 g/mol. The maximum absolute atomic E-state index is 12.2. The molecule has 0 bridgehead atoms. The molecule has 1 atom stereocenters. The van der Waals surface area contributed by atoms with Crippen molar-refractivity contribution < 1.29 is 37.2 Å². The fraction of sp³-hybridized carbons (Fsp3) is 0.350. The van der Waals surface area contributed by atoms with E-state index < -0.39 is 28.9 Å². The van der Waals surface area contributed by atoms with Gasteiger partial charge in [-0.25, -0.2) is 14.6 Å². The number of carbonyl (C=O) groups is 2. The summed E-state index contributed by atoms with van der Waals surface area (Å²) < 4.78 is 44.0. The number of carboxylic acids is 2. The third-order valence-corrected chi connectivity index (χ3v) is 5.93. The Balaban J connectivity index is 0.000000396. The van der Waals surface area contributed by atoms with Gasteiger partial charge in [0, 0.05) is 16.8 Å². The van der Waals surface area contributed by atoms with Crippen molar-refractivity contribution in [1.29, 1.82) is 0 Å². The number of rotatable bonds is 6. The molecule has 30 heavy (non-hydrogen) atoms. The molecule has 3 rings (SSSR count). The number of alkyl halides is 3. The molecule has 0 spiro atoms. The van der Waals surface area contributed by atoms with Crippen LogP contribution in [0.25, 0.3) is 0 Å². The second-order valence-corrected chi connectivity index (χ2v) is 8.09. The molecule has 0 radical (unpaired) electrons. The average Bonchev–Trinajstić information content (AvgIpc) is 3.18. The van der Waals surface area contributed by atoms with Gasteiger partial charge in [0.25, 0.3) is 0 Å². The molecule has 0 aliphatic heterocycles. The number of aliphatic carboxylic acids is 1. The van der Waals surface area contributed by atoms with Crippen LogP contribution in [0, 0.1) is 0 Å². The monoisotopic (exact) mass is 443 g/mol. The normalized spacial score (nSPS) is 13.7. The molecule has 1 aliphatic carbocycles. The maximum atomic E-state index is 12.2. The summed E-state index contributed by atoms with van der Waals surface area (Å²) in [5, 5.41) is 16.3. The first-order valence-electron chi connectivity index (χ1n) is 9.07. The second kappa shape index (κ2) is 10.3. The van der Waals surface area contributed by atoms with Crippen LogP contribution in [0.5, 0.6) is 0 Å². The molecule has 1 unspecified atom stereocenters. The molecule has 10 heteroatoms. The minimum absolute atomic E-state index is 0.203. The van der Waals surface area contributed by atoms with Crippen LogP contribution in [0.1, 0.15) is 40.0 Å². The van der Waals surface area contributed by atoms with Crippen LogP contribution < -0.4 is 0 Å². The van der Waals surface area contributed by atoms with Crippen molar-refractivity contribution in [1.82, 2.24) is 4.98 Å². The van der Waals surface area contributed by atoms with E-state index in [0.717, 1.165) is 53.7 Å². The van der Waals surface area contributed by atoms with Gasteiger partial charge in [-0.3, -0.25) is 4.21 Å². The topological polar surface area (TPSA) is 105 Å². The molecule has 1 aromatic heterocycles. The summed E-state index contributed by atoms with van der Waals surface area (Å²) >= 11 is 0. The molecule has 0 fully saturated rings. The fourth-order valence-corrected chi connectivity index (χ4v) is 4.24. The summed E-state index contributed by atoms with van der Waals surface area (Å²) in [7, 11) is -0.982. The Bertz CT molecular complexity index is 932. The third kappa shape index (κ3) is 6.38. The SMILES string of the molecule is O=C(O)C(F)(F)F.O=C(O)c1ncc(CCCS(=O)c2ccccc2)c2c1CCC2. The van der Waals surface area contributed by atoms with Gasteiger partial charge in [0.15, 0.2) is 5.69 Å². The number of aryl methyl sites for hydroxylation is 1. The van der Waals surface area contributed by atoms with E-state index in [-0.39, 0.29) is 5.69 Å². The van der Waals surface area contributed by atoms with Crippen LogP contribution in [-0.2, 0) is 34.9 Å². The van der Waals surface area contributed by atoms with Gasteiger partial charge >= 0.3 is 18.1 Å². The number of aromatic nitrogens is 1. The third-order valence-electron chi connectivity index (χ3n) is 4.47. The quantitative estimate of drug-likeness (QED) is 0.706. The number of benzene rings is 1. The van der Waals surface area contributed by atoms with Crippen molar-refractivity contribution in [2.75, 3.05) is 5.75 Å². The van der Waals surface area contributed by atoms with Gasteiger partial charge in [0.2, 0.25) is 0 Å². The molecule has 0 amide bonds. The highest BCUT2D eigenvalue weighted by Gasteiger charge is 2.38.